The van der Waals surface area contributed by atoms with Crippen molar-refractivity contribution in [3.8, 4) is 0 Å². The molecule has 0 unspecified atom stereocenters. The summed E-state index contributed by atoms with van der Waals surface area (Å²) in [6, 6.07) is 0. The first kappa shape index (κ1) is 10.4. The van der Waals surface area contributed by atoms with Gasteiger partial charge in [0.25, 0.3) is 0 Å². The summed E-state index contributed by atoms with van der Waals surface area (Å²) in [4.78, 5) is 17.4. The summed E-state index contributed by atoms with van der Waals surface area (Å²) < 4.78 is 0. The molecule has 0 amide bonds. The predicted molar refractivity (Wildman–Crippen MR) is 61.0 cm³/mol. The maximum Gasteiger partial charge on any atom is 0.187 e. The lowest BCUT2D eigenvalue weighted by Gasteiger charge is -2.15. The van der Waals surface area contributed by atoms with E-state index in [-0.39, 0.29) is 5.43 Å². The van der Waals surface area contributed by atoms with E-state index in [1.165, 1.54) is 12.8 Å². The van der Waals surface area contributed by atoms with Crippen LogP contribution in [-0.2, 0) is 6.54 Å². The van der Waals surface area contributed by atoms with E-state index in [2.05, 4.69) is 9.88 Å². The molecule has 0 atom stereocenters. The molecule has 15 heavy (non-hydrogen) atoms. The van der Waals surface area contributed by atoms with E-state index in [0.29, 0.717) is 0 Å². The first-order valence-corrected chi connectivity index (χ1v) is 5.58. The fourth-order valence-electron chi connectivity index (χ4n) is 2.13. The minimum Gasteiger partial charge on any atom is -0.363 e. The van der Waals surface area contributed by atoms with E-state index in [1.807, 2.05) is 20.0 Å². The molecule has 1 aromatic heterocycles. The second-order valence-electron chi connectivity index (χ2n) is 4.39. The molecule has 0 aromatic carbocycles. The molecule has 2 heterocycles. The van der Waals surface area contributed by atoms with E-state index >= 15 is 0 Å². The van der Waals surface area contributed by atoms with Gasteiger partial charge in [-0.1, -0.05) is 0 Å². The Hall–Kier alpha value is -1.09. The summed E-state index contributed by atoms with van der Waals surface area (Å²) in [7, 11) is 0. The summed E-state index contributed by atoms with van der Waals surface area (Å²) in [5.74, 6) is 0. The van der Waals surface area contributed by atoms with Crippen LogP contribution in [0.5, 0.6) is 0 Å². The molecule has 0 bridgehead atoms. The van der Waals surface area contributed by atoms with Crippen molar-refractivity contribution >= 4 is 0 Å². The Bertz CT molecular complexity index is 403. The molecule has 0 spiro atoms. The molecule has 1 fully saturated rings. The quantitative estimate of drug-likeness (QED) is 0.797. The standard InChI is InChI=1S/C12H18N2O/c1-9-7-13-11(10(2)12(9)15)8-14-5-3-4-6-14/h7H,3-6,8H2,1-2H3,(H,13,15). The molecular formula is C12H18N2O. The highest BCUT2D eigenvalue weighted by Crippen LogP contribution is 2.12. The number of likely N-dealkylation sites (tertiary alicyclic amines) is 1. The first-order valence-electron chi connectivity index (χ1n) is 5.58. The Kier molecular flexibility index (Phi) is 2.91. The van der Waals surface area contributed by atoms with Gasteiger partial charge in [0, 0.05) is 29.6 Å². The number of aromatic amines is 1. The lowest BCUT2D eigenvalue weighted by molar-refractivity contribution is 0.326. The Balaban J connectivity index is 2.21. The number of aromatic nitrogens is 1. The van der Waals surface area contributed by atoms with Gasteiger partial charge >= 0.3 is 0 Å². The SMILES string of the molecule is Cc1c[nH]c(CN2CCCC2)c(C)c1=O. The Labute approximate surface area is 90.1 Å². The summed E-state index contributed by atoms with van der Waals surface area (Å²) in [6.07, 6.45) is 4.39. The Morgan fingerprint density at radius 2 is 2.00 bits per heavy atom. The van der Waals surface area contributed by atoms with E-state index in [1.54, 1.807) is 0 Å². The molecule has 3 heteroatoms. The van der Waals surface area contributed by atoms with Crippen LogP contribution < -0.4 is 5.43 Å². The molecule has 0 aliphatic carbocycles. The number of nitrogens with zero attached hydrogens (tertiary/aromatic N) is 1. The van der Waals surface area contributed by atoms with Crippen molar-refractivity contribution in [3.63, 3.8) is 0 Å². The zero-order valence-corrected chi connectivity index (χ0v) is 9.47. The molecule has 0 saturated carbocycles. The molecular weight excluding hydrogens is 188 g/mol. The van der Waals surface area contributed by atoms with Gasteiger partial charge in [0.1, 0.15) is 0 Å². The molecule has 82 valence electrons. The number of H-pyrrole nitrogens is 1. The summed E-state index contributed by atoms with van der Waals surface area (Å²) >= 11 is 0. The zero-order valence-electron chi connectivity index (χ0n) is 9.47. The van der Waals surface area contributed by atoms with Crippen LogP contribution in [0.1, 0.15) is 29.7 Å². The fourth-order valence-corrected chi connectivity index (χ4v) is 2.13. The van der Waals surface area contributed by atoms with Gasteiger partial charge in [-0.25, -0.2) is 0 Å². The van der Waals surface area contributed by atoms with Crippen LogP contribution in [-0.4, -0.2) is 23.0 Å². The van der Waals surface area contributed by atoms with Crippen molar-refractivity contribution in [1.29, 1.82) is 0 Å². The highest BCUT2D eigenvalue weighted by molar-refractivity contribution is 5.23. The van der Waals surface area contributed by atoms with Gasteiger partial charge in [-0.15, -0.1) is 0 Å². The predicted octanol–water partition coefficient (Wildman–Crippen LogP) is 1.59. The second kappa shape index (κ2) is 4.19. The fraction of sp³-hybridized carbons (Fsp3) is 0.583. The maximum atomic E-state index is 11.7. The van der Waals surface area contributed by atoms with Crippen molar-refractivity contribution in [2.75, 3.05) is 13.1 Å². The Morgan fingerprint density at radius 3 is 2.67 bits per heavy atom. The lowest BCUT2D eigenvalue weighted by atomic mass is 10.1. The third kappa shape index (κ3) is 2.12. The summed E-state index contributed by atoms with van der Waals surface area (Å²) in [5, 5.41) is 0. The monoisotopic (exact) mass is 206 g/mol. The molecule has 1 aliphatic heterocycles. The van der Waals surface area contributed by atoms with Gasteiger partial charge < -0.3 is 4.98 Å². The number of nitrogens with one attached hydrogen (secondary N) is 1. The molecule has 1 aromatic rings. The van der Waals surface area contributed by atoms with Crippen LogP contribution in [0.15, 0.2) is 11.0 Å². The van der Waals surface area contributed by atoms with Crippen LogP contribution in [0, 0.1) is 13.8 Å². The van der Waals surface area contributed by atoms with Crippen LogP contribution >= 0.6 is 0 Å². The van der Waals surface area contributed by atoms with E-state index in [9.17, 15) is 4.79 Å². The van der Waals surface area contributed by atoms with Crippen molar-refractivity contribution in [2.45, 2.75) is 33.2 Å². The maximum absolute atomic E-state index is 11.7. The van der Waals surface area contributed by atoms with E-state index in [4.69, 9.17) is 0 Å². The average molecular weight is 206 g/mol. The van der Waals surface area contributed by atoms with Gasteiger partial charge in [0.2, 0.25) is 0 Å². The largest absolute Gasteiger partial charge is 0.363 e. The molecule has 1 aliphatic rings. The van der Waals surface area contributed by atoms with Crippen LogP contribution in [0.2, 0.25) is 0 Å². The smallest absolute Gasteiger partial charge is 0.187 e. The van der Waals surface area contributed by atoms with E-state index < -0.39 is 0 Å². The highest BCUT2D eigenvalue weighted by atomic mass is 16.1. The van der Waals surface area contributed by atoms with Crippen molar-refractivity contribution in [3.05, 3.63) is 33.2 Å². The summed E-state index contributed by atoms with van der Waals surface area (Å²) in [6.45, 7) is 6.98. The van der Waals surface area contributed by atoms with Crippen molar-refractivity contribution < 1.29 is 0 Å². The van der Waals surface area contributed by atoms with Gasteiger partial charge in [-0.2, -0.15) is 0 Å². The molecule has 1 saturated heterocycles. The molecule has 0 radical (unpaired) electrons. The van der Waals surface area contributed by atoms with Crippen LogP contribution in [0.4, 0.5) is 0 Å². The second-order valence-corrected chi connectivity index (χ2v) is 4.39. The summed E-state index contributed by atoms with van der Waals surface area (Å²) in [5.41, 5.74) is 2.94. The third-order valence-electron chi connectivity index (χ3n) is 3.19. The van der Waals surface area contributed by atoms with Crippen LogP contribution in [0.25, 0.3) is 0 Å². The van der Waals surface area contributed by atoms with Crippen molar-refractivity contribution in [1.82, 2.24) is 9.88 Å². The van der Waals surface area contributed by atoms with E-state index in [0.717, 1.165) is 36.5 Å². The topological polar surface area (TPSA) is 36.1 Å². The number of hydrogen-bond donors (Lipinski definition) is 1. The highest BCUT2D eigenvalue weighted by Gasteiger charge is 2.14. The Morgan fingerprint density at radius 1 is 1.33 bits per heavy atom. The number of hydrogen-bond acceptors (Lipinski definition) is 2. The van der Waals surface area contributed by atoms with Crippen LogP contribution in [0.3, 0.4) is 0 Å². The minimum atomic E-state index is 0.183. The normalized spacial score (nSPS) is 17.2. The van der Waals surface area contributed by atoms with Gasteiger partial charge in [0.05, 0.1) is 0 Å². The zero-order chi connectivity index (χ0) is 10.8. The average Bonchev–Trinajstić information content (AvgIpc) is 2.72. The van der Waals surface area contributed by atoms with Gasteiger partial charge in [-0.05, 0) is 39.8 Å². The van der Waals surface area contributed by atoms with Gasteiger partial charge in [0.15, 0.2) is 5.43 Å². The molecule has 2 rings (SSSR count). The van der Waals surface area contributed by atoms with Gasteiger partial charge in [-0.3, -0.25) is 9.69 Å². The molecule has 3 nitrogen and oxygen atoms in total. The van der Waals surface area contributed by atoms with Crippen molar-refractivity contribution in [2.24, 2.45) is 0 Å². The first-order chi connectivity index (χ1) is 7.18. The molecule has 1 N–H and O–H groups in total. The minimum absolute atomic E-state index is 0.183. The lowest BCUT2D eigenvalue weighted by Crippen LogP contribution is -2.22. The number of pyridine rings is 1. The number of rotatable bonds is 2. The number of aryl methyl sites for hydroxylation is 1. The third-order valence-corrected chi connectivity index (χ3v) is 3.19.